The zero-order valence-electron chi connectivity index (χ0n) is 10.8. The Balaban J connectivity index is 2.19. The molecule has 6 nitrogen and oxygen atoms in total. The van der Waals surface area contributed by atoms with Crippen molar-refractivity contribution >= 4 is 33.1 Å². The minimum atomic E-state index is -0.379. The van der Waals surface area contributed by atoms with Crippen molar-refractivity contribution in [3.8, 4) is 0 Å². The number of nitro benzene ring substituents is 1. The Kier molecular flexibility index (Phi) is 4.19. The number of hydrogen-bond acceptors (Lipinski definition) is 5. The molecule has 1 aromatic heterocycles. The molecule has 1 heterocycles. The van der Waals surface area contributed by atoms with E-state index in [2.05, 4.69) is 26.2 Å². The number of anilines is 2. The molecule has 0 fully saturated rings. The largest absolute Gasteiger partial charge is 0.397 e. The maximum Gasteiger partial charge on any atom is 0.272 e. The van der Waals surface area contributed by atoms with Gasteiger partial charge >= 0.3 is 0 Å². The lowest BCUT2D eigenvalue weighted by Crippen LogP contribution is -2.05. The van der Waals surface area contributed by atoms with E-state index in [4.69, 9.17) is 5.73 Å². The van der Waals surface area contributed by atoms with Crippen LogP contribution in [0.5, 0.6) is 0 Å². The number of halogens is 1. The van der Waals surface area contributed by atoms with E-state index in [9.17, 15) is 10.1 Å². The first kappa shape index (κ1) is 14.3. The van der Waals surface area contributed by atoms with Crippen molar-refractivity contribution in [3.63, 3.8) is 0 Å². The van der Waals surface area contributed by atoms with E-state index in [1.54, 1.807) is 25.3 Å². The van der Waals surface area contributed by atoms with Gasteiger partial charge in [-0.15, -0.1) is 0 Å². The Morgan fingerprint density at radius 3 is 2.90 bits per heavy atom. The van der Waals surface area contributed by atoms with Gasteiger partial charge in [-0.05, 0) is 34.5 Å². The second kappa shape index (κ2) is 5.87. The number of hydrogen-bond donors (Lipinski definition) is 2. The number of nitrogens with zero attached hydrogens (tertiary/aromatic N) is 2. The number of nitrogens with two attached hydrogens (primary N) is 1. The Bertz CT molecular complexity index is 661. The molecule has 2 rings (SSSR count). The summed E-state index contributed by atoms with van der Waals surface area (Å²) in [6.45, 7) is 2.18. The van der Waals surface area contributed by atoms with Gasteiger partial charge in [0.25, 0.3) is 5.69 Å². The summed E-state index contributed by atoms with van der Waals surface area (Å²) in [4.78, 5) is 14.7. The van der Waals surface area contributed by atoms with Crippen molar-refractivity contribution in [2.45, 2.75) is 13.5 Å². The third-order valence-electron chi connectivity index (χ3n) is 2.92. The highest BCUT2D eigenvalue weighted by Gasteiger charge is 2.13. The SMILES string of the molecule is Cc1c(CNc2ncc(N)cc2Br)cccc1[N+](=O)[O-]. The quantitative estimate of drug-likeness (QED) is 0.660. The van der Waals surface area contributed by atoms with Crippen LogP contribution in [-0.4, -0.2) is 9.91 Å². The topological polar surface area (TPSA) is 94.1 Å². The van der Waals surface area contributed by atoms with E-state index < -0.39 is 0 Å². The molecule has 0 aliphatic carbocycles. The maximum absolute atomic E-state index is 10.9. The highest BCUT2D eigenvalue weighted by Crippen LogP contribution is 2.25. The molecule has 0 amide bonds. The van der Waals surface area contributed by atoms with Gasteiger partial charge in [0.1, 0.15) is 5.82 Å². The van der Waals surface area contributed by atoms with Crippen LogP contribution in [0.3, 0.4) is 0 Å². The van der Waals surface area contributed by atoms with Gasteiger partial charge in [-0.3, -0.25) is 10.1 Å². The predicted molar refractivity (Wildman–Crippen MR) is 81.5 cm³/mol. The molecule has 7 heteroatoms. The number of aromatic nitrogens is 1. The van der Waals surface area contributed by atoms with Crippen LogP contribution in [0.2, 0.25) is 0 Å². The van der Waals surface area contributed by atoms with Crippen molar-refractivity contribution in [1.29, 1.82) is 0 Å². The average molecular weight is 337 g/mol. The molecule has 0 unspecified atom stereocenters. The van der Waals surface area contributed by atoms with E-state index in [-0.39, 0.29) is 10.6 Å². The Labute approximate surface area is 124 Å². The number of rotatable bonds is 4. The zero-order chi connectivity index (χ0) is 14.7. The van der Waals surface area contributed by atoms with E-state index in [1.165, 1.54) is 6.07 Å². The highest BCUT2D eigenvalue weighted by atomic mass is 79.9. The third-order valence-corrected chi connectivity index (χ3v) is 3.53. The summed E-state index contributed by atoms with van der Waals surface area (Å²) in [6.07, 6.45) is 1.55. The smallest absolute Gasteiger partial charge is 0.272 e. The second-order valence-corrected chi connectivity index (χ2v) is 5.13. The molecule has 0 saturated carbocycles. The Morgan fingerprint density at radius 2 is 2.25 bits per heavy atom. The first-order valence-corrected chi connectivity index (χ1v) is 6.66. The van der Waals surface area contributed by atoms with Crippen LogP contribution >= 0.6 is 15.9 Å². The third kappa shape index (κ3) is 3.05. The maximum atomic E-state index is 10.9. The summed E-state index contributed by atoms with van der Waals surface area (Å²) in [6, 6.07) is 6.76. The fraction of sp³-hybridized carbons (Fsp3) is 0.154. The molecule has 0 bridgehead atoms. The number of pyridine rings is 1. The predicted octanol–water partition coefficient (Wildman–Crippen LogP) is 3.26. The van der Waals surface area contributed by atoms with Gasteiger partial charge < -0.3 is 11.1 Å². The normalized spacial score (nSPS) is 10.3. The van der Waals surface area contributed by atoms with Crippen LogP contribution < -0.4 is 11.1 Å². The van der Waals surface area contributed by atoms with Gasteiger partial charge in [0, 0.05) is 18.2 Å². The van der Waals surface area contributed by atoms with E-state index in [0.717, 1.165) is 10.0 Å². The van der Waals surface area contributed by atoms with Crippen LogP contribution in [0.4, 0.5) is 17.2 Å². The minimum Gasteiger partial charge on any atom is -0.397 e. The number of nitrogens with one attached hydrogen (secondary N) is 1. The average Bonchev–Trinajstić information content (AvgIpc) is 2.39. The first-order chi connectivity index (χ1) is 9.49. The Morgan fingerprint density at radius 1 is 1.50 bits per heavy atom. The van der Waals surface area contributed by atoms with Gasteiger partial charge in [-0.2, -0.15) is 0 Å². The van der Waals surface area contributed by atoms with Gasteiger partial charge in [-0.1, -0.05) is 12.1 Å². The molecule has 0 radical (unpaired) electrons. The van der Waals surface area contributed by atoms with Gasteiger partial charge in [0.2, 0.25) is 0 Å². The molecule has 0 saturated heterocycles. The summed E-state index contributed by atoms with van der Waals surface area (Å²) in [5.41, 5.74) is 7.80. The lowest BCUT2D eigenvalue weighted by molar-refractivity contribution is -0.385. The van der Waals surface area contributed by atoms with Crippen molar-refractivity contribution in [2.75, 3.05) is 11.1 Å². The van der Waals surface area contributed by atoms with Crippen LogP contribution in [0.25, 0.3) is 0 Å². The van der Waals surface area contributed by atoms with Crippen molar-refractivity contribution in [3.05, 3.63) is 56.2 Å². The minimum absolute atomic E-state index is 0.119. The molecule has 0 aliphatic rings. The number of nitrogen functional groups attached to an aromatic ring is 1. The Hall–Kier alpha value is -2.15. The van der Waals surface area contributed by atoms with E-state index in [1.807, 2.05) is 6.07 Å². The molecule has 20 heavy (non-hydrogen) atoms. The van der Waals surface area contributed by atoms with Crippen molar-refractivity contribution in [1.82, 2.24) is 4.98 Å². The van der Waals surface area contributed by atoms with E-state index >= 15 is 0 Å². The van der Waals surface area contributed by atoms with Crippen LogP contribution in [-0.2, 0) is 6.54 Å². The number of benzene rings is 1. The summed E-state index contributed by atoms with van der Waals surface area (Å²) in [5, 5.41) is 14.0. The standard InChI is InChI=1S/C13H13BrN4O2/c1-8-9(3-2-4-12(8)18(19)20)6-16-13-11(14)5-10(15)7-17-13/h2-5,7H,6,15H2,1H3,(H,16,17). The molecule has 0 spiro atoms. The number of nitro groups is 1. The zero-order valence-corrected chi connectivity index (χ0v) is 12.3. The van der Waals surface area contributed by atoms with Gasteiger partial charge in [0.15, 0.2) is 0 Å². The molecular formula is C13H13BrN4O2. The fourth-order valence-electron chi connectivity index (χ4n) is 1.82. The summed E-state index contributed by atoms with van der Waals surface area (Å²) >= 11 is 3.36. The van der Waals surface area contributed by atoms with Crippen LogP contribution in [0, 0.1) is 17.0 Å². The van der Waals surface area contributed by atoms with E-state index in [0.29, 0.717) is 23.6 Å². The molecule has 0 atom stereocenters. The highest BCUT2D eigenvalue weighted by molar-refractivity contribution is 9.10. The summed E-state index contributed by atoms with van der Waals surface area (Å²) in [5.74, 6) is 0.644. The molecule has 3 N–H and O–H groups in total. The van der Waals surface area contributed by atoms with Gasteiger partial charge in [0.05, 0.1) is 21.3 Å². The molecule has 1 aromatic carbocycles. The monoisotopic (exact) mass is 336 g/mol. The van der Waals surface area contributed by atoms with Crippen molar-refractivity contribution in [2.24, 2.45) is 0 Å². The molecule has 2 aromatic rings. The molecule has 104 valence electrons. The van der Waals surface area contributed by atoms with Gasteiger partial charge in [-0.25, -0.2) is 4.98 Å². The summed E-state index contributed by atoms with van der Waals surface area (Å²) in [7, 11) is 0. The lowest BCUT2D eigenvalue weighted by atomic mass is 10.1. The first-order valence-electron chi connectivity index (χ1n) is 5.87. The molecular weight excluding hydrogens is 324 g/mol. The van der Waals surface area contributed by atoms with Crippen molar-refractivity contribution < 1.29 is 4.92 Å². The summed E-state index contributed by atoms with van der Waals surface area (Å²) < 4.78 is 0.751. The van der Waals surface area contributed by atoms with Crippen LogP contribution in [0.15, 0.2) is 34.9 Å². The fourth-order valence-corrected chi connectivity index (χ4v) is 2.33. The molecule has 0 aliphatic heterocycles. The lowest BCUT2D eigenvalue weighted by Gasteiger charge is -2.10. The second-order valence-electron chi connectivity index (χ2n) is 4.27. The van der Waals surface area contributed by atoms with Crippen LogP contribution in [0.1, 0.15) is 11.1 Å².